The second-order valence-corrected chi connectivity index (χ2v) is 3.64. The van der Waals surface area contributed by atoms with Crippen LogP contribution >= 0.6 is 0 Å². The number of pyridine rings is 1. The van der Waals surface area contributed by atoms with Crippen LogP contribution in [0.15, 0.2) is 36.5 Å². The van der Waals surface area contributed by atoms with E-state index in [9.17, 15) is 5.11 Å². The van der Waals surface area contributed by atoms with Crippen LogP contribution in [0.5, 0.6) is 5.75 Å². The van der Waals surface area contributed by atoms with Gasteiger partial charge in [0.25, 0.3) is 0 Å². The van der Waals surface area contributed by atoms with Crippen LogP contribution < -0.4 is 0 Å². The van der Waals surface area contributed by atoms with Gasteiger partial charge < -0.3 is 5.11 Å². The third kappa shape index (κ3) is 1.84. The Balaban J connectivity index is 2.60. The Bertz CT molecular complexity index is 492. The number of rotatable bonds is 1. The fraction of sp³-hybridized carbons (Fsp3) is 0.154. The number of hydrogen-bond acceptors (Lipinski definition) is 2. The molecule has 0 aliphatic rings. The molecular weight excluding hydrogens is 186 g/mol. The van der Waals surface area contributed by atoms with Gasteiger partial charge in [0.05, 0.1) is 0 Å². The number of aromatic nitrogens is 1. The number of benzene rings is 1. The Morgan fingerprint density at radius 1 is 1.07 bits per heavy atom. The summed E-state index contributed by atoms with van der Waals surface area (Å²) in [5.74, 6) is 0.304. The lowest BCUT2D eigenvalue weighted by Gasteiger charge is -2.08. The van der Waals surface area contributed by atoms with Gasteiger partial charge in [-0.2, -0.15) is 0 Å². The first-order valence-electron chi connectivity index (χ1n) is 4.90. The summed E-state index contributed by atoms with van der Waals surface area (Å²) >= 11 is 0. The number of phenolic OH excluding ortho intramolecular Hbond substituents is 1. The molecule has 0 unspecified atom stereocenters. The number of nitrogens with zero attached hydrogens (tertiary/aromatic N) is 1. The standard InChI is InChI=1S/C13H13NO/c1-9-8-11(15)5-6-12(9)13-4-3-7-14-10(13)2/h3-8,15H,1-2H3. The molecule has 2 heteroatoms. The highest BCUT2D eigenvalue weighted by molar-refractivity contribution is 5.69. The Morgan fingerprint density at radius 2 is 1.87 bits per heavy atom. The van der Waals surface area contributed by atoms with Crippen molar-refractivity contribution in [2.75, 3.05) is 0 Å². The average Bonchev–Trinajstić information content (AvgIpc) is 2.20. The highest BCUT2D eigenvalue weighted by atomic mass is 16.3. The monoisotopic (exact) mass is 199 g/mol. The molecule has 2 aromatic rings. The van der Waals surface area contributed by atoms with Crippen LogP contribution in [0.3, 0.4) is 0 Å². The quantitative estimate of drug-likeness (QED) is 0.765. The van der Waals surface area contributed by atoms with E-state index >= 15 is 0 Å². The number of hydrogen-bond donors (Lipinski definition) is 1. The van der Waals surface area contributed by atoms with Crippen molar-refractivity contribution in [1.82, 2.24) is 4.98 Å². The van der Waals surface area contributed by atoms with E-state index in [1.165, 1.54) is 0 Å². The van der Waals surface area contributed by atoms with Gasteiger partial charge in [0.15, 0.2) is 0 Å². The first-order valence-corrected chi connectivity index (χ1v) is 4.90. The maximum Gasteiger partial charge on any atom is 0.115 e. The summed E-state index contributed by atoms with van der Waals surface area (Å²) in [5, 5.41) is 9.34. The predicted octanol–water partition coefficient (Wildman–Crippen LogP) is 3.07. The molecule has 2 rings (SSSR count). The molecule has 0 amide bonds. The van der Waals surface area contributed by atoms with E-state index in [0.717, 1.165) is 22.4 Å². The Hall–Kier alpha value is -1.83. The molecule has 76 valence electrons. The second kappa shape index (κ2) is 3.73. The summed E-state index contributed by atoms with van der Waals surface area (Å²) < 4.78 is 0. The highest BCUT2D eigenvalue weighted by Gasteiger charge is 2.05. The molecule has 1 N–H and O–H groups in total. The van der Waals surface area contributed by atoms with Crippen molar-refractivity contribution >= 4 is 0 Å². The third-order valence-corrected chi connectivity index (χ3v) is 2.51. The van der Waals surface area contributed by atoms with Crippen molar-refractivity contribution in [2.45, 2.75) is 13.8 Å². The van der Waals surface area contributed by atoms with Gasteiger partial charge >= 0.3 is 0 Å². The van der Waals surface area contributed by atoms with Crippen LogP contribution in [0, 0.1) is 13.8 Å². The van der Waals surface area contributed by atoms with Crippen molar-refractivity contribution in [2.24, 2.45) is 0 Å². The van der Waals surface area contributed by atoms with Crippen LogP contribution in [0.1, 0.15) is 11.3 Å². The topological polar surface area (TPSA) is 33.1 Å². The summed E-state index contributed by atoms with van der Waals surface area (Å²) in [6, 6.07) is 9.36. The minimum atomic E-state index is 0.304. The zero-order valence-electron chi connectivity index (χ0n) is 8.86. The largest absolute Gasteiger partial charge is 0.508 e. The van der Waals surface area contributed by atoms with Crippen LogP contribution in [0.25, 0.3) is 11.1 Å². The average molecular weight is 199 g/mol. The molecule has 0 spiro atoms. The first kappa shape index (κ1) is 9.71. The Labute approximate surface area is 89.2 Å². The lowest BCUT2D eigenvalue weighted by atomic mass is 9.99. The van der Waals surface area contributed by atoms with E-state index < -0.39 is 0 Å². The molecule has 0 aliphatic heterocycles. The smallest absolute Gasteiger partial charge is 0.115 e. The molecule has 15 heavy (non-hydrogen) atoms. The number of aryl methyl sites for hydroxylation is 2. The minimum absolute atomic E-state index is 0.304. The van der Waals surface area contributed by atoms with Crippen molar-refractivity contribution in [1.29, 1.82) is 0 Å². The molecule has 0 aliphatic carbocycles. The fourth-order valence-electron chi connectivity index (χ4n) is 1.72. The van der Waals surface area contributed by atoms with Crippen molar-refractivity contribution in [3.8, 4) is 16.9 Å². The zero-order valence-corrected chi connectivity index (χ0v) is 8.86. The lowest BCUT2D eigenvalue weighted by molar-refractivity contribution is 0.475. The fourth-order valence-corrected chi connectivity index (χ4v) is 1.72. The van der Waals surface area contributed by atoms with E-state index in [4.69, 9.17) is 0 Å². The van der Waals surface area contributed by atoms with Crippen LogP contribution in [0.2, 0.25) is 0 Å². The Kier molecular flexibility index (Phi) is 2.42. The third-order valence-electron chi connectivity index (χ3n) is 2.51. The highest BCUT2D eigenvalue weighted by Crippen LogP contribution is 2.27. The van der Waals surface area contributed by atoms with Crippen molar-refractivity contribution < 1.29 is 5.11 Å². The van der Waals surface area contributed by atoms with E-state index in [0.29, 0.717) is 5.75 Å². The summed E-state index contributed by atoms with van der Waals surface area (Å²) in [6.07, 6.45) is 1.79. The number of phenols is 1. The molecule has 0 fully saturated rings. The van der Waals surface area contributed by atoms with E-state index in [2.05, 4.69) is 4.98 Å². The van der Waals surface area contributed by atoms with Gasteiger partial charge in [0.2, 0.25) is 0 Å². The molecule has 2 nitrogen and oxygen atoms in total. The van der Waals surface area contributed by atoms with Crippen molar-refractivity contribution in [3.05, 3.63) is 47.8 Å². The molecule has 1 aromatic carbocycles. The maximum atomic E-state index is 9.34. The van der Waals surface area contributed by atoms with Crippen LogP contribution in [-0.2, 0) is 0 Å². The molecule has 1 heterocycles. The van der Waals surface area contributed by atoms with E-state index in [-0.39, 0.29) is 0 Å². The second-order valence-electron chi connectivity index (χ2n) is 3.64. The lowest BCUT2D eigenvalue weighted by Crippen LogP contribution is -1.88. The molecule has 0 radical (unpaired) electrons. The summed E-state index contributed by atoms with van der Waals surface area (Å²) in [5.41, 5.74) is 4.31. The summed E-state index contributed by atoms with van der Waals surface area (Å²) in [4.78, 5) is 4.26. The molecule has 0 saturated carbocycles. The Morgan fingerprint density at radius 3 is 2.53 bits per heavy atom. The summed E-state index contributed by atoms with van der Waals surface area (Å²) in [7, 11) is 0. The van der Waals surface area contributed by atoms with E-state index in [1.54, 1.807) is 18.3 Å². The molecule has 0 bridgehead atoms. The van der Waals surface area contributed by atoms with Gasteiger partial charge in [-0.25, -0.2) is 0 Å². The predicted molar refractivity (Wildman–Crippen MR) is 60.8 cm³/mol. The molecular formula is C13H13NO. The van der Waals surface area contributed by atoms with Crippen LogP contribution in [0.4, 0.5) is 0 Å². The van der Waals surface area contributed by atoms with Gasteiger partial charge in [-0.3, -0.25) is 4.98 Å². The normalized spacial score (nSPS) is 10.3. The van der Waals surface area contributed by atoms with Crippen molar-refractivity contribution in [3.63, 3.8) is 0 Å². The van der Waals surface area contributed by atoms with E-state index in [1.807, 2.05) is 32.0 Å². The summed E-state index contributed by atoms with van der Waals surface area (Å²) in [6.45, 7) is 3.98. The molecule has 0 saturated heterocycles. The number of aromatic hydroxyl groups is 1. The zero-order chi connectivity index (χ0) is 10.8. The van der Waals surface area contributed by atoms with Gasteiger partial charge in [0, 0.05) is 17.5 Å². The maximum absolute atomic E-state index is 9.34. The SMILES string of the molecule is Cc1cc(O)ccc1-c1cccnc1C. The molecule has 0 atom stereocenters. The first-order chi connectivity index (χ1) is 7.18. The van der Waals surface area contributed by atoms with Gasteiger partial charge in [-0.15, -0.1) is 0 Å². The molecule has 1 aromatic heterocycles. The van der Waals surface area contributed by atoms with Gasteiger partial charge in [0.1, 0.15) is 5.75 Å². The minimum Gasteiger partial charge on any atom is -0.508 e. The van der Waals surface area contributed by atoms with Gasteiger partial charge in [-0.1, -0.05) is 12.1 Å². The van der Waals surface area contributed by atoms with Crippen LogP contribution in [-0.4, -0.2) is 10.1 Å². The van der Waals surface area contributed by atoms with Gasteiger partial charge in [-0.05, 0) is 43.2 Å².